The summed E-state index contributed by atoms with van der Waals surface area (Å²) in [5.41, 5.74) is 10.5. The topological polar surface area (TPSA) is 12.9 Å². The maximum atomic E-state index is 4.83. The smallest absolute Gasteiger partial charge is 0.0719 e. The van der Waals surface area contributed by atoms with Gasteiger partial charge in [-0.2, -0.15) is 0 Å². The fourth-order valence-corrected chi connectivity index (χ4v) is 7.53. The first-order valence-electron chi connectivity index (χ1n) is 13.1. The predicted molar refractivity (Wildman–Crippen MR) is 152 cm³/mol. The molecule has 2 aromatic heterocycles. The van der Waals surface area contributed by atoms with Crippen molar-refractivity contribution >= 4 is 31.5 Å². The normalized spacial score (nSPS) is 14.7. The zero-order valence-corrected chi connectivity index (χ0v) is 21.8. The third kappa shape index (κ3) is 4.29. The van der Waals surface area contributed by atoms with Crippen molar-refractivity contribution < 1.29 is 0 Å². The van der Waals surface area contributed by atoms with E-state index in [0.717, 1.165) is 11.6 Å². The molecule has 0 N–H and O–H groups in total. The van der Waals surface area contributed by atoms with Gasteiger partial charge in [-0.05, 0) is 79.1 Å². The standard InChI is InChI=1S/C33H33NS/c1-21-16-22(2)32(23(3)17-21)26-12-13-27-28-10-7-11-29(33(28)35-31(27)20-26)30-19-25(14-15-34-30)18-24-8-5-4-6-9-24/h7,10-17,19-20,24H,4-6,8-9,18H2,1-3H3. The summed E-state index contributed by atoms with van der Waals surface area (Å²) in [6.45, 7) is 6.64. The SMILES string of the molecule is Cc1cc(C)c(-c2ccc3c(c2)sc2c(-c4cc(CC5CCCCC5)ccn4)cccc23)c(C)c1. The Kier molecular flexibility index (Phi) is 5.94. The monoisotopic (exact) mass is 475 g/mol. The number of rotatable bonds is 4. The summed E-state index contributed by atoms with van der Waals surface area (Å²) in [6.07, 6.45) is 10.2. The predicted octanol–water partition coefficient (Wildman–Crippen LogP) is 9.83. The van der Waals surface area contributed by atoms with Gasteiger partial charge >= 0.3 is 0 Å². The molecule has 2 heteroatoms. The highest BCUT2D eigenvalue weighted by Crippen LogP contribution is 2.42. The summed E-state index contributed by atoms with van der Waals surface area (Å²) in [7, 11) is 0. The molecule has 1 fully saturated rings. The summed E-state index contributed by atoms with van der Waals surface area (Å²) in [6, 6.07) is 22.9. The van der Waals surface area contributed by atoms with E-state index in [9.17, 15) is 0 Å². The number of benzene rings is 3. The van der Waals surface area contributed by atoms with Gasteiger partial charge in [-0.15, -0.1) is 11.3 Å². The lowest BCUT2D eigenvalue weighted by Crippen LogP contribution is -2.09. The van der Waals surface area contributed by atoms with Crippen LogP contribution in [0, 0.1) is 26.7 Å². The molecule has 3 aromatic carbocycles. The molecule has 0 radical (unpaired) electrons. The van der Waals surface area contributed by atoms with Crippen LogP contribution in [0.3, 0.4) is 0 Å². The molecule has 0 bridgehead atoms. The third-order valence-corrected chi connectivity index (χ3v) is 9.02. The van der Waals surface area contributed by atoms with E-state index in [1.165, 1.54) is 97.6 Å². The first kappa shape index (κ1) is 22.5. The van der Waals surface area contributed by atoms with Gasteiger partial charge in [-0.1, -0.05) is 80.1 Å². The molecule has 0 saturated heterocycles. The lowest BCUT2D eigenvalue weighted by atomic mass is 9.85. The van der Waals surface area contributed by atoms with Crippen LogP contribution < -0.4 is 0 Å². The Bertz CT molecular complexity index is 1510. The Labute approximate surface area is 212 Å². The quantitative estimate of drug-likeness (QED) is 0.252. The summed E-state index contributed by atoms with van der Waals surface area (Å²) >= 11 is 1.91. The number of thiophene rings is 1. The van der Waals surface area contributed by atoms with Crippen molar-refractivity contribution in [2.75, 3.05) is 0 Å². The van der Waals surface area contributed by atoms with Crippen molar-refractivity contribution in [1.82, 2.24) is 4.98 Å². The maximum absolute atomic E-state index is 4.83. The molecule has 1 aliphatic carbocycles. The molecular weight excluding hydrogens is 442 g/mol. The van der Waals surface area contributed by atoms with Gasteiger partial charge in [-0.3, -0.25) is 4.98 Å². The molecule has 0 aliphatic heterocycles. The van der Waals surface area contributed by atoms with Gasteiger partial charge in [0.2, 0.25) is 0 Å². The number of hydrogen-bond donors (Lipinski definition) is 0. The minimum atomic E-state index is 0.839. The molecule has 0 atom stereocenters. The minimum absolute atomic E-state index is 0.839. The van der Waals surface area contributed by atoms with Crippen molar-refractivity contribution in [2.24, 2.45) is 5.92 Å². The molecular formula is C33H33NS. The molecule has 0 amide bonds. The van der Waals surface area contributed by atoms with E-state index in [0.29, 0.717) is 0 Å². The Balaban J connectivity index is 1.42. The average molecular weight is 476 g/mol. The van der Waals surface area contributed by atoms with Crippen molar-refractivity contribution in [1.29, 1.82) is 0 Å². The van der Waals surface area contributed by atoms with Gasteiger partial charge in [0.1, 0.15) is 0 Å². The van der Waals surface area contributed by atoms with Crippen LogP contribution in [-0.2, 0) is 6.42 Å². The van der Waals surface area contributed by atoms with Crippen LogP contribution in [0.1, 0.15) is 54.4 Å². The van der Waals surface area contributed by atoms with Gasteiger partial charge in [0.25, 0.3) is 0 Å². The highest BCUT2D eigenvalue weighted by molar-refractivity contribution is 7.26. The Morgan fingerprint density at radius 1 is 0.829 bits per heavy atom. The molecule has 6 rings (SSSR count). The number of aryl methyl sites for hydroxylation is 3. The van der Waals surface area contributed by atoms with E-state index in [1.54, 1.807) is 0 Å². The third-order valence-electron chi connectivity index (χ3n) is 7.81. The number of nitrogens with zero attached hydrogens (tertiary/aromatic N) is 1. The molecule has 1 aliphatic rings. The van der Waals surface area contributed by atoms with Crippen LogP contribution in [-0.4, -0.2) is 4.98 Å². The summed E-state index contributed by atoms with van der Waals surface area (Å²) < 4.78 is 2.70. The van der Waals surface area contributed by atoms with E-state index in [4.69, 9.17) is 4.98 Å². The molecule has 2 heterocycles. The molecule has 1 nitrogen and oxygen atoms in total. The minimum Gasteiger partial charge on any atom is -0.256 e. The van der Waals surface area contributed by atoms with Gasteiger partial charge in [0.15, 0.2) is 0 Å². The van der Waals surface area contributed by atoms with Crippen LogP contribution >= 0.6 is 11.3 Å². The van der Waals surface area contributed by atoms with Crippen LogP contribution in [0.15, 0.2) is 66.9 Å². The summed E-state index contributed by atoms with van der Waals surface area (Å²) in [5, 5.41) is 2.68. The molecule has 35 heavy (non-hydrogen) atoms. The van der Waals surface area contributed by atoms with Gasteiger partial charge in [0.05, 0.1) is 5.69 Å². The molecule has 0 unspecified atom stereocenters. The van der Waals surface area contributed by atoms with Crippen LogP contribution in [0.2, 0.25) is 0 Å². The maximum Gasteiger partial charge on any atom is 0.0719 e. The van der Waals surface area contributed by atoms with E-state index >= 15 is 0 Å². The first-order chi connectivity index (χ1) is 17.1. The van der Waals surface area contributed by atoms with Crippen LogP contribution in [0.4, 0.5) is 0 Å². The van der Waals surface area contributed by atoms with E-state index in [2.05, 4.69) is 81.4 Å². The first-order valence-corrected chi connectivity index (χ1v) is 13.9. The van der Waals surface area contributed by atoms with Gasteiger partial charge in [-0.25, -0.2) is 0 Å². The second kappa shape index (κ2) is 9.24. The fourth-order valence-electron chi connectivity index (χ4n) is 6.26. The summed E-state index contributed by atoms with van der Waals surface area (Å²) in [5.74, 6) is 0.839. The van der Waals surface area contributed by atoms with Crippen LogP contribution in [0.25, 0.3) is 42.6 Å². The van der Waals surface area contributed by atoms with E-state index in [-0.39, 0.29) is 0 Å². The van der Waals surface area contributed by atoms with Gasteiger partial charge < -0.3 is 0 Å². The number of aromatic nitrogens is 1. The van der Waals surface area contributed by atoms with Crippen molar-refractivity contribution in [3.05, 3.63) is 89.1 Å². The molecule has 176 valence electrons. The van der Waals surface area contributed by atoms with Crippen molar-refractivity contribution in [2.45, 2.75) is 59.3 Å². The molecule has 5 aromatic rings. The Morgan fingerprint density at radius 2 is 1.63 bits per heavy atom. The zero-order valence-electron chi connectivity index (χ0n) is 21.0. The largest absolute Gasteiger partial charge is 0.256 e. The average Bonchev–Trinajstić information content (AvgIpc) is 3.22. The lowest BCUT2D eigenvalue weighted by Gasteiger charge is -2.21. The summed E-state index contributed by atoms with van der Waals surface area (Å²) in [4.78, 5) is 4.83. The Morgan fingerprint density at radius 3 is 2.43 bits per heavy atom. The Hall–Kier alpha value is -2.97. The fraction of sp³-hybridized carbons (Fsp3) is 0.303. The number of pyridine rings is 1. The van der Waals surface area contributed by atoms with E-state index < -0.39 is 0 Å². The zero-order chi connectivity index (χ0) is 23.9. The van der Waals surface area contributed by atoms with Crippen molar-refractivity contribution in [3.8, 4) is 22.4 Å². The van der Waals surface area contributed by atoms with E-state index in [1.807, 2.05) is 17.5 Å². The molecule has 0 spiro atoms. The second-order valence-electron chi connectivity index (χ2n) is 10.5. The number of fused-ring (bicyclic) bond motifs is 3. The molecule has 1 saturated carbocycles. The highest BCUT2D eigenvalue weighted by Gasteiger charge is 2.16. The highest BCUT2D eigenvalue weighted by atomic mass is 32.1. The lowest BCUT2D eigenvalue weighted by molar-refractivity contribution is 0.356. The van der Waals surface area contributed by atoms with Crippen molar-refractivity contribution in [3.63, 3.8) is 0 Å². The van der Waals surface area contributed by atoms with Crippen LogP contribution in [0.5, 0.6) is 0 Å². The number of hydrogen-bond acceptors (Lipinski definition) is 2. The van der Waals surface area contributed by atoms with Gasteiger partial charge in [0, 0.05) is 31.9 Å². The second-order valence-corrected chi connectivity index (χ2v) is 11.6.